The third-order valence-corrected chi connectivity index (χ3v) is 2.18. The minimum atomic E-state index is -1.14. The molecule has 3 N–H and O–H groups in total. The Morgan fingerprint density at radius 1 is 1.41 bits per heavy atom. The second-order valence-electron chi connectivity index (χ2n) is 3.38. The van der Waals surface area contributed by atoms with Gasteiger partial charge < -0.3 is 10.2 Å². The van der Waals surface area contributed by atoms with E-state index in [2.05, 4.69) is 5.32 Å². The fraction of sp³-hybridized carbons (Fsp3) is 0.300. The number of rotatable bonds is 6. The molecule has 1 atom stereocenters. The van der Waals surface area contributed by atoms with Crippen LogP contribution in [-0.4, -0.2) is 33.8 Å². The van der Waals surface area contributed by atoms with E-state index >= 15 is 0 Å². The van der Waals surface area contributed by atoms with Crippen LogP contribution in [0.3, 0.4) is 0 Å². The highest BCUT2D eigenvalue weighted by atomic mass is 16.6. The predicted molar refractivity (Wildman–Crippen MR) is 58.4 cm³/mol. The molecule has 7 nitrogen and oxygen atoms in total. The molecule has 0 saturated heterocycles. The molecule has 7 heteroatoms. The van der Waals surface area contributed by atoms with Crippen molar-refractivity contribution >= 4 is 11.7 Å². The number of carboxylic acid groups (broad SMARTS) is 1. The van der Waals surface area contributed by atoms with E-state index in [1.54, 1.807) is 0 Å². The van der Waals surface area contributed by atoms with Crippen molar-refractivity contribution < 1.29 is 19.9 Å². The van der Waals surface area contributed by atoms with E-state index in [1.165, 1.54) is 24.3 Å². The molecule has 1 rings (SSSR count). The van der Waals surface area contributed by atoms with Gasteiger partial charge in [0.1, 0.15) is 6.04 Å². The van der Waals surface area contributed by atoms with Crippen molar-refractivity contribution in [1.29, 1.82) is 0 Å². The van der Waals surface area contributed by atoms with Crippen LogP contribution in [0.15, 0.2) is 24.3 Å². The number of non-ortho nitro benzene ring substituents is 1. The molecule has 0 spiro atoms. The SMILES string of the molecule is O=C(O)C(CO)NCc1ccc([N+](=O)[O-])cc1. The quantitative estimate of drug-likeness (QED) is 0.481. The zero-order valence-electron chi connectivity index (χ0n) is 8.87. The molecule has 0 radical (unpaired) electrons. The van der Waals surface area contributed by atoms with Gasteiger partial charge in [-0.3, -0.25) is 20.2 Å². The normalized spacial score (nSPS) is 12.1. The fourth-order valence-corrected chi connectivity index (χ4v) is 1.21. The summed E-state index contributed by atoms with van der Waals surface area (Å²) in [6.07, 6.45) is 0. The summed E-state index contributed by atoms with van der Waals surface area (Å²) in [6.45, 7) is -0.294. The van der Waals surface area contributed by atoms with Gasteiger partial charge in [0.2, 0.25) is 0 Å². The maximum Gasteiger partial charge on any atom is 0.323 e. The summed E-state index contributed by atoms with van der Waals surface area (Å²) in [5, 5.41) is 30.4. The van der Waals surface area contributed by atoms with Gasteiger partial charge in [-0.05, 0) is 5.56 Å². The molecular formula is C10H12N2O5. The number of aliphatic hydroxyl groups is 1. The summed E-state index contributed by atoms with van der Waals surface area (Å²) < 4.78 is 0. The van der Waals surface area contributed by atoms with E-state index in [0.717, 1.165) is 0 Å². The zero-order valence-corrected chi connectivity index (χ0v) is 8.87. The molecule has 0 aromatic heterocycles. The summed E-state index contributed by atoms with van der Waals surface area (Å²) in [6, 6.07) is 4.70. The Kier molecular flexibility index (Phi) is 4.56. The molecule has 0 aliphatic carbocycles. The molecule has 0 aliphatic heterocycles. The van der Waals surface area contributed by atoms with Crippen LogP contribution >= 0.6 is 0 Å². The smallest absolute Gasteiger partial charge is 0.323 e. The number of nitro benzene ring substituents is 1. The second kappa shape index (κ2) is 5.92. The lowest BCUT2D eigenvalue weighted by atomic mass is 10.2. The fourth-order valence-electron chi connectivity index (χ4n) is 1.21. The standard InChI is InChI=1S/C10H12N2O5/c13-6-9(10(14)15)11-5-7-1-3-8(4-2-7)12(16)17/h1-4,9,11,13H,5-6H2,(H,14,15). The topological polar surface area (TPSA) is 113 Å². The lowest BCUT2D eigenvalue weighted by molar-refractivity contribution is -0.384. The number of nitrogens with zero attached hydrogens (tertiary/aromatic N) is 1. The first-order valence-electron chi connectivity index (χ1n) is 4.85. The van der Waals surface area contributed by atoms with Crippen LogP contribution in [0.4, 0.5) is 5.69 Å². The van der Waals surface area contributed by atoms with E-state index < -0.39 is 23.5 Å². The van der Waals surface area contributed by atoms with Gasteiger partial charge in [-0.2, -0.15) is 0 Å². The van der Waals surface area contributed by atoms with Crippen molar-refractivity contribution in [1.82, 2.24) is 5.32 Å². The van der Waals surface area contributed by atoms with Crippen molar-refractivity contribution in [3.8, 4) is 0 Å². The van der Waals surface area contributed by atoms with E-state index in [9.17, 15) is 14.9 Å². The van der Waals surface area contributed by atoms with Crippen molar-refractivity contribution in [2.24, 2.45) is 0 Å². The molecule has 1 aromatic carbocycles. The van der Waals surface area contributed by atoms with Gasteiger partial charge in [-0.15, -0.1) is 0 Å². The molecule has 0 bridgehead atoms. The number of carbonyl (C=O) groups is 1. The van der Waals surface area contributed by atoms with Gasteiger partial charge in [0, 0.05) is 18.7 Å². The summed E-state index contributed by atoms with van der Waals surface area (Å²) in [4.78, 5) is 20.5. The maximum absolute atomic E-state index is 10.6. The van der Waals surface area contributed by atoms with Crippen LogP contribution < -0.4 is 5.32 Å². The second-order valence-corrected chi connectivity index (χ2v) is 3.38. The Hall–Kier alpha value is -1.99. The van der Waals surface area contributed by atoms with Gasteiger partial charge in [-0.1, -0.05) is 12.1 Å². The Labute approximate surface area is 96.8 Å². The molecule has 0 fully saturated rings. The van der Waals surface area contributed by atoms with Crippen LogP contribution in [0.5, 0.6) is 0 Å². The van der Waals surface area contributed by atoms with Crippen LogP contribution in [0.25, 0.3) is 0 Å². The third kappa shape index (κ3) is 3.82. The molecule has 0 heterocycles. The van der Waals surface area contributed by atoms with Crippen molar-refractivity contribution in [2.45, 2.75) is 12.6 Å². The lowest BCUT2D eigenvalue weighted by Gasteiger charge is -2.11. The van der Waals surface area contributed by atoms with Crippen LogP contribution in [-0.2, 0) is 11.3 Å². The molecule has 0 aliphatic rings. The number of aliphatic hydroxyl groups excluding tert-OH is 1. The van der Waals surface area contributed by atoms with Crippen LogP contribution in [0.1, 0.15) is 5.56 Å². The lowest BCUT2D eigenvalue weighted by Crippen LogP contribution is -2.39. The van der Waals surface area contributed by atoms with Crippen LogP contribution in [0, 0.1) is 10.1 Å². The Bertz CT molecular complexity index is 404. The maximum atomic E-state index is 10.6. The van der Waals surface area contributed by atoms with E-state index in [-0.39, 0.29) is 12.2 Å². The van der Waals surface area contributed by atoms with Gasteiger partial charge >= 0.3 is 5.97 Å². The average molecular weight is 240 g/mol. The number of carboxylic acids is 1. The predicted octanol–water partition coefficient (Wildman–Crippen LogP) is 0.130. The molecule has 92 valence electrons. The van der Waals surface area contributed by atoms with Gasteiger partial charge in [0.25, 0.3) is 5.69 Å². The monoisotopic (exact) mass is 240 g/mol. The first-order chi connectivity index (χ1) is 8.04. The number of hydrogen-bond acceptors (Lipinski definition) is 5. The molecular weight excluding hydrogens is 228 g/mol. The van der Waals surface area contributed by atoms with Crippen molar-refractivity contribution in [3.05, 3.63) is 39.9 Å². The summed E-state index contributed by atoms with van der Waals surface area (Å²) in [5.41, 5.74) is 0.681. The zero-order chi connectivity index (χ0) is 12.8. The average Bonchev–Trinajstić information content (AvgIpc) is 2.30. The Morgan fingerprint density at radius 3 is 2.41 bits per heavy atom. The van der Waals surface area contributed by atoms with Crippen molar-refractivity contribution in [3.63, 3.8) is 0 Å². The minimum Gasteiger partial charge on any atom is -0.480 e. The summed E-state index contributed by atoms with van der Waals surface area (Å²) >= 11 is 0. The first kappa shape index (κ1) is 13.1. The largest absolute Gasteiger partial charge is 0.480 e. The number of aliphatic carboxylic acids is 1. The highest BCUT2D eigenvalue weighted by molar-refractivity contribution is 5.73. The van der Waals surface area contributed by atoms with Gasteiger partial charge in [0.15, 0.2) is 0 Å². The molecule has 0 amide bonds. The molecule has 0 saturated carbocycles. The summed E-state index contributed by atoms with van der Waals surface area (Å²) in [7, 11) is 0. The van der Waals surface area contributed by atoms with Crippen LogP contribution in [0.2, 0.25) is 0 Å². The number of nitro groups is 1. The molecule has 1 aromatic rings. The minimum absolute atomic E-state index is 0.0225. The number of benzene rings is 1. The summed E-state index contributed by atoms with van der Waals surface area (Å²) in [5.74, 6) is -1.14. The number of nitrogens with one attached hydrogen (secondary N) is 1. The van der Waals surface area contributed by atoms with E-state index in [0.29, 0.717) is 5.56 Å². The van der Waals surface area contributed by atoms with E-state index in [1.807, 2.05) is 0 Å². The third-order valence-electron chi connectivity index (χ3n) is 2.18. The number of hydrogen-bond donors (Lipinski definition) is 3. The Balaban J connectivity index is 2.58. The highest BCUT2D eigenvalue weighted by Crippen LogP contribution is 2.11. The first-order valence-corrected chi connectivity index (χ1v) is 4.85. The molecule has 17 heavy (non-hydrogen) atoms. The Morgan fingerprint density at radius 2 is 2.00 bits per heavy atom. The van der Waals surface area contributed by atoms with Gasteiger partial charge in [-0.25, -0.2) is 0 Å². The highest BCUT2D eigenvalue weighted by Gasteiger charge is 2.14. The van der Waals surface area contributed by atoms with E-state index in [4.69, 9.17) is 10.2 Å². The van der Waals surface area contributed by atoms with Crippen molar-refractivity contribution in [2.75, 3.05) is 6.61 Å². The molecule has 1 unspecified atom stereocenters. The van der Waals surface area contributed by atoms with Gasteiger partial charge in [0.05, 0.1) is 11.5 Å².